The van der Waals surface area contributed by atoms with Crippen LogP contribution in [0, 0.1) is 0 Å². The van der Waals surface area contributed by atoms with Crippen LogP contribution in [0.15, 0.2) is 95.8 Å². The maximum absolute atomic E-state index is 13.9. The van der Waals surface area contributed by atoms with Gasteiger partial charge in [-0.2, -0.15) is 0 Å². The molecule has 4 aromatic carbocycles. The number of amides is 1. The van der Waals surface area contributed by atoms with Crippen LogP contribution >= 0.6 is 34.3 Å². The van der Waals surface area contributed by atoms with Gasteiger partial charge in [0.25, 0.3) is 5.91 Å². The highest BCUT2D eigenvalue weighted by molar-refractivity contribution is 7.24. The monoisotopic (exact) mass is 597 g/mol. The van der Waals surface area contributed by atoms with E-state index >= 15 is 0 Å². The zero-order valence-electron chi connectivity index (χ0n) is 22.1. The fraction of sp³-hybridized carbons (Fsp3) is 0.121. The third kappa shape index (κ3) is 5.24. The number of halogens is 1. The number of aryl methyl sites for hydroxylation is 1. The second-order valence-electron chi connectivity index (χ2n) is 9.60. The summed E-state index contributed by atoms with van der Waals surface area (Å²) >= 11 is 9.59. The minimum Gasteiger partial charge on any atom is -0.465 e. The zero-order valence-corrected chi connectivity index (χ0v) is 24.4. The number of nitrogens with zero attached hydrogens (tertiary/aromatic N) is 1. The molecule has 2 heterocycles. The van der Waals surface area contributed by atoms with E-state index in [1.807, 2.05) is 66.7 Å². The smallest absolute Gasteiger partial charge is 0.337 e. The summed E-state index contributed by atoms with van der Waals surface area (Å²) in [6.07, 6.45) is 1.39. The van der Waals surface area contributed by atoms with Gasteiger partial charge in [0.2, 0.25) is 0 Å². The van der Waals surface area contributed by atoms with Crippen molar-refractivity contribution in [2.75, 3.05) is 18.6 Å². The van der Waals surface area contributed by atoms with Crippen molar-refractivity contribution in [1.29, 1.82) is 0 Å². The average molecular weight is 598 g/mol. The number of carbonyl (C=O) groups excluding carboxylic acids is 2. The second kappa shape index (κ2) is 11.4. The van der Waals surface area contributed by atoms with E-state index in [4.69, 9.17) is 16.3 Å². The van der Waals surface area contributed by atoms with Crippen molar-refractivity contribution in [2.24, 2.45) is 0 Å². The van der Waals surface area contributed by atoms with Crippen LogP contribution < -0.4 is 10.3 Å². The number of hydrogen-bond donors (Lipinski definition) is 0. The molecular weight excluding hydrogens is 574 g/mol. The molecule has 0 atom stereocenters. The Morgan fingerprint density at radius 1 is 0.805 bits per heavy atom. The molecule has 41 heavy (non-hydrogen) atoms. The molecular formula is C33H24ClNO4S2. The Bertz CT molecular complexity index is 2000. The van der Waals surface area contributed by atoms with Crippen LogP contribution in [0.5, 0.6) is 0 Å². The van der Waals surface area contributed by atoms with Crippen LogP contribution in [0.2, 0.25) is 5.02 Å². The summed E-state index contributed by atoms with van der Waals surface area (Å²) < 4.78 is 7.53. The summed E-state index contributed by atoms with van der Waals surface area (Å²) in [5.41, 5.74) is 2.27. The third-order valence-electron chi connectivity index (χ3n) is 7.05. The summed E-state index contributed by atoms with van der Waals surface area (Å²) in [4.78, 5) is 41.2. The molecule has 0 radical (unpaired) electrons. The first-order chi connectivity index (χ1) is 19.9. The summed E-state index contributed by atoms with van der Waals surface area (Å²) in [5.74, 6) is -0.641. The predicted octanol–water partition coefficient (Wildman–Crippen LogP) is 8.35. The molecule has 0 unspecified atom stereocenters. The van der Waals surface area contributed by atoms with Gasteiger partial charge < -0.3 is 9.64 Å². The first-order valence-corrected chi connectivity index (χ1v) is 15.1. The molecule has 0 aliphatic rings. The summed E-state index contributed by atoms with van der Waals surface area (Å²) in [6.45, 7) is 0.462. The van der Waals surface area contributed by atoms with Crippen LogP contribution in [0.3, 0.4) is 0 Å². The van der Waals surface area contributed by atoms with Crippen molar-refractivity contribution in [1.82, 2.24) is 0 Å². The quantitative estimate of drug-likeness (QED) is 0.137. The zero-order chi connectivity index (χ0) is 28.5. The number of carbonyl (C=O) groups is 2. The lowest BCUT2D eigenvalue weighted by Crippen LogP contribution is -2.31. The highest BCUT2D eigenvalue weighted by Crippen LogP contribution is 2.37. The number of esters is 1. The maximum atomic E-state index is 13.9. The average Bonchev–Trinajstić information content (AvgIpc) is 3.34. The van der Waals surface area contributed by atoms with Crippen molar-refractivity contribution in [3.63, 3.8) is 0 Å². The molecule has 6 aromatic rings. The Balaban J connectivity index is 1.27. The molecule has 0 saturated carbocycles. The van der Waals surface area contributed by atoms with Gasteiger partial charge in [0.15, 0.2) is 5.43 Å². The highest BCUT2D eigenvalue weighted by Gasteiger charge is 2.24. The van der Waals surface area contributed by atoms with Crippen LogP contribution in [0.4, 0.5) is 5.69 Å². The molecule has 1 amide bonds. The van der Waals surface area contributed by atoms with Gasteiger partial charge in [-0.25, -0.2) is 4.79 Å². The van der Waals surface area contributed by atoms with Crippen molar-refractivity contribution < 1.29 is 14.3 Å². The molecule has 0 aliphatic carbocycles. The molecule has 0 fully saturated rings. The standard InChI is InChI=1S/C33H24ClNO4S2/c1-39-33(38)21-14-15-23-28(19-21)41-31(29(23)34)32(37)35(22-9-3-2-4-10-22)17-7-8-20-13-16-27-25(18-20)30(36)24-11-5-6-12-26(24)40-27/h2-6,9-16,18-19H,7-8,17H2,1H3. The van der Waals surface area contributed by atoms with Gasteiger partial charge in [-0.1, -0.05) is 54.1 Å². The maximum Gasteiger partial charge on any atom is 0.337 e. The largest absolute Gasteiger partial charge is 0.465 e. The van der Waals surface area contributed by atoms with Gasteiger partial charge in [-0.3, -0.25) is 9.59 Å². The summed E-state index contributed by atoms with van der Waals surface area (Å²) in [7, 11) is 1.33. The molecule has 5 nitrogen and oxygen atoms in total. The van der Waals surface area contributed by atoms with Gasteiger partial charge in [0, 0.05) is 42.5 Å². The van der Waals surface area contributed by atoms with Gasteiger partial charge >= 0.3 is 5.97 Å². The number of fused-ring (bicyclic) bond motifs is 3. The Labute approximate surface area is 249 Å². The predicted molar refractivity (Wildman–Crippen MR) is 170 cm³/mol. The van der Waals surface area contributed by atoms with E-state index in [1.165, 1.54) is 18.4 Å². The minimum atomic E-state index is -0.443. The fourth-order valence-corrected chi connectivity index (χ4v) is 7.53. The van der Waals surface area contributed by atoms with E-state index in [-0.39, 0.29) is 11.3 Å². The lowest BCUT2D eigenvalue weighted by atomic mass is 10.1. The molecule has 0 saturated heterocycles. The van der Waals surface area contributed by atoms with Crippen LogP contribution in [-0.2, 0) is 11.2 Å². The Morgan fingerprint density at radius 2 is 1.56 bits per heavy atom. The Hall–Kier alpha value is -4.04. The lowest BCUT2D eigenvalue weighted by molar-refractivity contribution is 0.0600. The third-order valence-corrected chi connectivity index (χ3v) is 9.84. The van der Waals surface area contributed by atoms with Gasteiger partial charge in [0.1, 0.15) is 4.88 Å². The van der Waals surface area contributed by atoms with Crippen LogP contribution in [-0.4, -0.2) is 25.5 Å². The molecule has 2 aromatic heterocycles. The van der Waals surface area contributed by atoms with E-state index in [1.54, 1.807) is 34.4 Å². The number of rotatable bonds is 7. The van der Waals surface area contributed by atoms with E-state index in [9.17, 15) is 14.4 Å². The van der Waals surface area contributed by atoms with E-state index in [2.05, 4.69) is 6.07 Å². The molecule has 6 rings (SSSR count). The molecule has 8 heteroatoms. The van der Waals surface area contributed by atoms with E-state index in [0.717, 1.165) is 41.5 Å². The number of benzene rings is 4. The minimum absolute atomic E-state index is 0.0482. The van der Waals surface area contributed by atoms with E-state index in [0.29, 0.717) is 34.8 Å². The summed E-state index contributed by atoms with van der Waals surface area (Å²) in [5, 5.41) is 2.56. The normalized spacial score (nSPS) is 11.3. The van der Waals surface area contributed by atoms with Crippen LogP contribution in [0.25, 0.3) is 30.3 Å². The SMILES string of the molecule is COC(=O)c1ccc2c(Cl)c(C(=O)N(CCCc3ccc4sc5ccccc5c(=O)c4c3)c3ccccc3)sc2c1. The highest BCUT2D eigenvalue weighted by atomic mass is 35.5. The first kappa shape index (κ1) is 27.1. The Morgan fingerprint density at radius 3 is 2.37 bits per heavy atom. The van der Waals surface area contributed by atoms with Crippen molar-refractivity contribution >= 4 is 82.1 Å². The van der Waals surface area contributed by atoms with Crippen LogP contribution in [0.1, 0.15) is 32.0 Å². The number of methoxy groups -OCH3 is 1. The second-order valence-corrected chi connectivity index (χ2v) is 12.1. The molecule has 0 bridgehead atoms. The molecule has 0 spiro atoms. The topological polar surface area (TPSA) is 63.7 Å². The molecule has 0 aliphatic heterocycles. The first-order valence-electron chi connectivity index (χ1n) is 13.1. The molecule has 204 valence electrons. The van der Waals surface area contributed by atoms with Crippen molar-refractivity contribution in [3.05, 3.63) is 122 Å². The van der Waals surface area contributed by atoms with Crippen molar-refractivity contribution in [3.8, 4) is 0 Å². The van der Waals surface area contributed by atoms with E-state index < -0.39 is 5.97 Å². The number of para-hydroxylation sites is 1. The fourth-order valence-electron chi connectivity index (χ4n) is 4.97. The van der Waals surface area contributed by atoms with Gasteiger partial charge in [-0.05, 0) is 66.9 Å². The lowest BCUT2D eigenvalue weighted by Gasteiger charge is -2.22. The molecule has 0 N–H and O–H groups in total. The number of ether oxygens (including phenoxy) is 1. The summed E-state index contributed by atoms with van der Waals surface area (Å²) in [6, 6.07) is 28.4. The number of anilines is 1. The Kier molecular flexibility index (Phi) is 7.58. The van der Waals surface area contributed by atoms with Crippen molar-refractivity contribution in [2.45, 2.75) is 12.8 Å². The van der Waals surface area contributed by atoms with Gasteiger partial charge in [0.05, 0.1) is 17.7 Å². The number of thiophene rings is 1. The van der Waals surface area contributed by atoms with Gasteiger partial charge in [-0.15, -0.1) is 22.7 Å². The number of hydrogen-bond acceptors (Lipinski definition) is 6.